The molecule has 0 N–H and O–H groups in total. The van der Waals surface area contributed by atoms with Crippen molar-refractivity contribution in [3.8, 4) is 6.07 Å². The van der Waals surface area contributed by atoms with E-state index in [4.69, 9.17) is 5.26 Å². The molecule has 0 bridgehead atoms. The number of nitriles is 1. The smallest absolute Gasteiger partial charge is 0.280 e. The van der Waals surface area contributed by atoms with Crippen LogP contribution in [0.4, 0.5) is 0 Å². The predicted octanol–water partition coefficient (Wildman–Crippen LogP) is 2.04. The van der Waals surface area contributed by atoms with E-state index < -0.39 is 11.3 Å². The van der Waals surface area contributed by atoms with Crippen LogP contribution in [0.5, 0.6) is 0 Å². The Morgan fingerprint density at radius 2 is 1.82 bits per heavy atom. The van der Waals surface area contributed by atoms with Gasteiger partial charge in [0.2, 0.25) is 5.78 Å². The Balaban J connectivity index is 2.17. The first kappa shape index (κ1) is 13.7. The number of rotatable bonds is 2. The van der Waals surface area contributed by atoms with Gasteiger partial charge >= 0.3 is 0 Å². The van der Waals surface area contributed by atoms with Gasteiger partial charge < -0.3 is 4.57 Å². The first-order valence-corrected chi connectivity index (χ1v) is 6.62. The lowest BCUT2D eigenvalue weighted by Gasteiger charge is -2.07. The average molecular weight is 289 g/mol. The SMILES string of the molecule is Cn1c(=O)c(C(=O)c2ccc(C#N)cc2)nc2ccccc21. The zero-order chi connectivity index (χ0) is 15.7. The van der Waals surface area contributed by atoms with Crippen LogP contribution in [0.2, 0.25) is 0 Å². The van der Waals surface area contributed by atoms with Crippen LogP contribution in [-0.2, 0) is 7.05 Å². The second-order valence-electron chi connectivity index (χ2n) is 4.83. The predicted molar refractivity (Wildman–Crippen MR) is 81.6 cm³/mol. The zero-order valence-electron chi connectivity index (χ0n) is 11.8. The summed E-state index contributed by atoms with van der Waals surface area (Å²) in [4.78, 5) is 29.1. The number of nitrogens with zero attached hydrogens (tertiary/aromatic N) is 3. The van der Waals surface area contributed by atoms with Gasteiger partial charge in [-0.3, -0.25) is 9.59 Å². The van der Waals surface area contributed by atoms with Crippen molar-refractivity contribution in [2.24, 2.45) is 7.05 Å². The molecule has 5 nitrogen and oxygen atoms in total. The monoisotopic (exact) mass is 289 g/mol. The minimum Gasteiger partial charge on any atom is -0.308 e. The summed E-state index contributed by atoms with van der Waals surface area (Å²) in [5.41, 5.74) is 1.49. The van der Waals surface area contributed by atoms with E-state index in [2.05, 4.69) is 4.98 Å². The van der Waals surface area contributed by atoms with Gasteiger partial charge in [-0.05, 0) is 36.4 Å². The molecule has 0 aliphatic heterocycles. The fourth-order valence-corrected chi connectivity index (χ4v) is 2.26. The van der Waals surface area contributed by atoms with Crippen LogP contribution in [0.15, 0.2) is 53.3 Å². The number of benzene rings is 2. The summed E-state index contributed by atoms with van der Waals surface area (Å²) < 4.78 is 1.42. The number of hydrogen-bond donors (Lipinski definition) is 0. The topological polar surface area (TPSA) is 75.8 Å². The zero-order valence-corrected chi connectivity index (χ0v) is 11.8. The molecular formula is C17H11N3O2. The molecule has 22 heavy (non-hydrogen) atoms. The summed E-state index contributed by atoms with van der Waals surface area (Å²) in [7, 11) is 1.61. The number of para-hydroxylation sites is 2. The second-order valence-corrected chi connectivity index (χ2v) is 4.83. The molecule has 5 heteroatoms. The maximum absolute atomic E-state index is 12.5. The summed E-state index contributed by atoms with van der Waals surface area (Å²) in [5, 5.41) is 8.78. The highest BCUT2D eigenvalue weighted by Crippen LogP contribution is 2.12. The largest absolute Gasteiger partial charge is 0.308 e. The first-order chi connectivity index (χ1) is 10.6. The molecule has 106 valence electrons. The fraction of sp³-hybridized carbons (Fsp3) is 0.0588. The van der Waals surface area contributed by atoms with Crippen LogP contribution in [0.25, 0.3) is 11.0 Å². The lowest BCUT2D eigenvalue weighted by Crippen LogP contribution is -2.27. The molecule has 1 aromatic heterocycles. The van der Waals surface area contributed by atoms with Gasteiger partial charge in [0, 0.05) is 12.6 Å². The van der Waals surface area contributed by atoms with Crippen LogP contribution in [0.1, 0.15) is 21.6 Å². The summed E-state index contributed by atoms with van der Waals surface area (Å²) in [5.74, 6) is -0.448. The normalized spacial score (nSPS) is 10.4. The quantitative estimate of drug-likeness (QED) is 0.676. The Morgan fingerprint density at radius 1 is 1.14 bits per heavy atom. The van der Waals surface area contributed by atoms with Gasteiger partial charge in [-0.2, -0.15) is 5.26 Å². The van der Waals surface area contributed by atoms with Crippen molar-refractivity contribution >= 4 is 16.8 Å². The Kier molecular flexibility index (Phi) is 3.28. The molecule has 2 aromatic carbocycles. The highest BCUT2D eigenvalue weighted by Gasteiger charge is 2.17. The van der Waals surface area contributed by atoms with Crippen molar-refractivity contribution in [1.29, 1.82) is 5.26 Å². The lowest BCUT2D eigenvalue weighted by atomic mass is 10.1. The highest BCUT2D eigenvalue weighted by atomic mass is 16.1. The molecule has 0 radical (unpaired) electrons. The standard InChI is InChI=1S/C17H11N3O2/c1-20-14-5-3-2-4-13(14)19-15(17(20)22)16(21)12-8-6-11(10-18)7-9-12/h2-9H,1H3. The molecule has 0 spiro atoms. The molecular weight excluding hydrogens is 278 g/mol. The van der Waals surface area contributed by atoms with Crippen molar-refractivity contribution in [3.05, 3.63) is 75.7 Å². The van der Waals surface area contributed by atoms with Crippen LogP contribution >= 0.6 is 0 Å². The van der Waals surface area contributed by atoms with Gasteiger partial charge in [0.25, 0.3) is 5.56 Å². The number of carbonyl (C=O) groups excluding carboxylic acids is 1. The van der Waals surface area contributed by atoms with Crippen molar-refractivity contribution in [1.82, 2.24) is 9.55 Å². The van der Waals surface area contributed by atoms with E-state index in [-0.39, 0.29) is 5.69 Å². The van der Waals surface area contributed by atoms with Gasteiger partial charge in [-0.15, -0.1) is 0 Å². The number of aryl methyl sites for hydroxylation is 1. The highest BCUT2D eigenvalue weighted by molar-refractivity contribution is 6.08. The molecule has 0 atom stereocenters. The minimum atomic E-state index is -0.448. The Morgan fingerprint density at radius 3 is 2.50 bits per heavy atom. The van der Waals surface area contributed by atoms with E-state index in [1.807, 2.05) is 12.1 Å². The van der Waals surface area contributed by atoms with Gasteiger partial charge in [0.05, 0.1) is 22.7 Å². The summed E-state index contributed by atoms with van der Waals surface area (Å²) in [6, 6.07) is 15.3. The van der Waals surface area contributed by atoms with E-state index >= 15 is 0 Å². The third-order valence-corrected chi connectivity index (χ3v) is 3.47. The van der Waals surface area contributed by atoms with Crippen LogP contribution in [-0.4, -0.2) is 15.3 Å². The van der Waals surface area contributed by atoms with E-state index in [0.717, 1.165) is 0 Å². The van der Waals surface area contributed by atoms with E-state index in [0.29, 0.717) is 22.2 Å². The first-order valence-electron chi connectivity index (χ1n) is 6.62. The van der Waals surface area contributed by atoms with Crippen LogP contribution in [0, 0.1) is 11.3 Å². The van der Waals surface area contributed by atoms with E-state index in [1.165, 1.54) is 16.7 Å². The number of ketones is 1. The number of carbonyl (C=O) groups is 1. The second kappa shape index (κ2) is 5.26. The molecule has 3 rings (SSSR count). The third kappa shape index (κ3) is 2.17. The van der Waals surface area contributed by atoms with Crippen LogP contribution < -0.4 is 5.56 Å². The Bertz CT molecular complexity index is 979. The van der Waals surface area contributed by atoms with Crippen molar-refractivity contribution < 1.29 is 4.79 Å². The maximum atomic E-state index is 12.5. The number of aromatic nitrogens is 2. The molecule has 0 saturated heterocycles. The molecule has 1 heterocycles. The minimum absolute atomic E-state index is 0.120. The van der Waals surface area contributed by atoms with E-state index in [1.54, 1.807) is 37.4 Å². The van der Waals surface area contributed by atoms with Gasteiger partial charge in [0.1, 0.15) is 0 Å². The van der Waals surface area contributed by atoms with Gasteiger partial charge in [0.15, 0.2) is 5.69 Å². The third-order valence-electron chi connectivity index (χ3n) is 3.47. The molecule has 0 aliphatic carbocycles. The van der Waals surface area contributed by atoms with Crippen molar-refractivity contribution in [2.75, 3.05) is 0 Å². The Labute approximate surface area is 126 Å². The molecule has 0 unspecified atom stereocenters. The average Bonchev–Trinajstić information content (AvgIpc) is 2.57. The Hall–Kier alpha value is -3.26. The molecule has 3 aromatic rings. The molecule has 0 saturated carbocycles. The van der Waals surface area contributed by atoms with Gasteiger partial charge in [-0.1, -0.05) is 12.1 Å². The summed E-state index contributed by atoms with van der Waals surface area (Å²) in [6.45, 7) is 0. The van der Waals surface area contributed by atoms with Crippen molar-refractivity contribution in [3.63, 3.8) is 0 Å². The summed E-state index contributed by atoms with van der Waals surface area (Å²) >= 11 is 0. The summed E-state index contributed by atoms with van der Waals surface area (Å²) in [6.07, 6.45) is 0. The lowest BCUT2D eigenvalue weighted by molar-refractivity contribution is 0.103. The number of hydrogen-bond acceptors (Lipinski definition) is 4. The molecule has 0 amide bonds. The van der Waals surface area contributed by atoms with Gasteiger partial charge in [-0.25, -0.2) is 4.98 Å². The fourth-order valence-electron chi connectivity index (χ4n) is 2.26. The van der Waals surface area contributed by atoms with Crippen molar-refractivity contribution in [2.45, 2.75) is 0 Å². The molecule has 0 aliphatic rings. The van der Waals surface area contributed by atoms with Crippen LogP contribution in [0.3, 0.4) is 0 Å². The maximum Gasteiger partial charge on any atom is 0.280 e. The number of fused-ring (bicyclic) bond motifs is 1. The molecule has 0 fully saturated rings. The van der Waals surface area contributed by atoms with E-state index in [9.17, 15) is 9.59 Å².